The van der Waals surface area contributed by atoms with Gasteiger partial charge in [-0.05, 0) is 50.6 Å². The fourth-order valence-electron chi connectivity index (χ4n) is 1.90. The van der Waals surface area contributed by atoms with Gasteiger partial charge < -0.3 is 0 Å². The van der Waals surface area contributed by atoms with Crippen LogP contribution < -0.4 is 0 Å². The van der Waals surface area contributed by atoms with E-state index in [9.17, 15) is 22.0 Å². The van der Waals surface area contributed by atoms with E-state index in [1.54, 1.807) is 34.6 Å². The summed E-state index contributed by atoms with van der Waals surface area (Å²) in [7, 11) is -7.35. The van der Waals surface area contributed by atoms with Crippen molar-refractivity contribution in [3.05, 3.63) is 23.8 Å². The Balaban J connectivity index is 3.78. The molecule has 6 nitrogen and oxygen atoms in total. The molecule has 25 heavy (non-hydrogen) atoms. The maximum absolute atomic E-state index is 12.7. The summed E-state index contributed by atoms with van der Waals surface area (Å²) in [4.78, 5) is -0.147. The van der Waals surface area contributed by atoms with E-state index in [0.717, 1.165) is 4.74 Å². The molecule has 142 valence electrons. The molecule has 0 aromatic heterocycles. The van der Waals surface area contributed by atoms with Crippen LogP contribution in [0.5, 0.6) is 0 Å². The standard InChI is InChI=1S/C17H28NO5S2/c1-12(2)24(20,21)15-9-8-14(11-18(19)17(5,6)7)16(10-15)25(22,23)13(3)4/h8-13,19H,1-7H3/q+1/b18-11-. The lowest BCUT2D eigenvalue weighted by molar-refractivity contribution is -0.816. The molecule has 0 aliphatic carbocycles. The van der Waals surface area contributed by atoms with Gasteiger partial charge in [-0.15, -0.1) is 0 Å². The van der Waals surface area contributed by atoms with Gasteiger partial charge >= 0.3 is 0 Å². The third-order valence-electron chi connectivity index (χ3n) is 3.81. The molecule has 0 aliphatic heterocycles. The van der Waals surface area contributed by atoms with Crippen LogP contribution in [0.3, 0.4) is 0 Å². The van der Waals surface area contributed by atoms with Crippen LogP contribution >= 0.6 is 0 Å². The van der Waals surface area contributed by atoms with E-state index < -0.39 is 35.7 Å². The Morgan fingerprint density at radius 3 is 1.84 bits per heavy atom. The molecule has 0 amide bonds. The van der Waals surface area contributed by atoms with Crippen LogP contribution in [-0.4, -0.2) is 49.0 Å². The number of hydrogen-bond donors (Lipinski definition) is 1. The molecule has 0 heterocycles. The topological polar surface area (TPSA) is 91.5 Å². The molecule has 0 spiro atoms. The molecule has 0 saturated carbocycles. The summed E-state index contributed by atoms with van der Waals surface area (Å²) in [5.74, 6) is 0. The maximum atomic E-state index is 12.7. The molecule has 1 rings (SSSR count). The minimum absolute atomic E-state index is 0.0425. The zero-order valence-corrected chi connectivity index (χ0v) is 17.4. The van der Waals surface area contributed by atoms with E-state index >= 15 is 0 Å². The number of sulfone groups is 2. The molecule has 0 atom stereocenters. The SMILES string of the molecule is CC(C)S(=O)(=O)c1ccc(/C=[N+](\O)C(C)(C)C)c(S(=O)(=O)C(C)C)c1. The Kier molecular flexibility index (Phi) is 6.12. The molecular weight excluding hydrogens is 362 g/mol. The quantitative estimate of drug-likeness (QED) is 0.361. The maximum Gasteiger partial charge on any atom is 0.224 e. The van der Waals surface area contributed by atoms with Crippen LogP contribution in [0.25, 0.3) is 0 Å². The number of hydrogen-bond acceptors (Lipinski definition) is 5. The van der Waals surface area contributed by atoms with Crippen molar-refractivity contribution in [1.82, 2.24) is 0 Å². The minimum atomic E-state index is -3.74. The van der Waals surface area contributed by atoms with Gasteiger partial charge in [0, 0.05) is 20.8 Å². The fraction of sp³-hybridized carbons (Fsp3) is 0.588. The number of benzene rings is 1. The van der Waals surface area contributed by atoms with Crippen molar-refractivity contribution in [2.24, 2.45) is 0 Å². The van der Waals surface area contributed by atoms with Gasteiger partial charge in [0.1, 0.15) is 0 Å². The molecule has 0 radical (unpaired) electrons. The molecule has 1 aromatic rings. The molecule has 0 aliphatic rings. The first-order valence-corrected chi connectivity index (χ1v) is 11.2. The summed E-state index contributed by atoms with van der Waals surface area (Å²) in [6.45, 7) is 11.4. The van der Waals surface area contributed by atoms with E-state index in [1.807, 2.05) is 0 Å². The van der Waals surface area contributed by atoms with Crippen molar-refractivity contribution in [3.63, 3.8) is 0 Å². The Morgan fingerprint density at radius 2 is 1.44 bits per heavy atom. The summed E-state index contributed by atoms with van der Waals surface area (Å²) in [5.41, 5.74) is -0.393. The van der Waals surface area contributed by atoms with Gasteiger partial charge in [0.2, 0.25) is 11.8 Å². The number of nitrogens with zero attached hydrogens (tertiary/aromatic N) is 1. The monoisotopic (exact) mass is 390 g/mol. The first kappa shape index (κ1) is 21.6. The first-order chi connectivity index (χ1) is 11.1. The minimum Gasteiger partial charge on any atom is -0.290 e. The molecular formula is C17H28NO5S2+. The van der Waals surface area contributed by atoms with Crippen molar-refractivity contribution >= 4 is 25.9 Å². The average molecular weight is 391 g/mol. The lowest BCUT2D eigenvalue weighted by Crippen LogP contribution is -2.31. The van der Waals surface area contributed by atoms with Crippen LogP contribution in [0.4, 0.5) is 0 Å². The Bertz CT molecular complexity index is 874. The van der Waals surface area contributed by atoms with Gasteiger partial charge in [0.15, 0.2) is 19.7 Å². The molecule has 0 saturated heterocycles. The van der Waals surface area contributed by atoms with Crippen molar-refractivity contribution < 1.29 is 26.8 Å². The summed E-state index contributed by atoms with van der Waals surface area (Å²) >= 11 is 0. The normalized spacial score (nSPS) is 14.4. The van der Waals surface area contributed by atoms with Crippen LogP contribution in [0, 0.1) is 0 Å². The predicted octanol–water partition coefficient (Wildman–Crippen LogP) is 2.67. The Labute approximate surface area is 151 Å². The summed E-state index contributed by atoms with van der Waals surface area (Å²) in [6.07, 6.45) is 1.31. The fourth-order valence-corrected chi connectivity index (χ4v) is 4.30. The Hall–Kier alpha value is -1.41. The van der Waals surface area contributed by atoms with Gasteiger partial charge in [-0.1, -0.05) is 0 Å². The van der Waals surface area contributed by atoms with E-state index in [1.165, 1.54) is 38.3 Å². The van der Waals surface area contributed by atoms with Gasteiger partial charge in [0.05, 0.1) is 25.9 Å². The van der Waals surface area contributed by atoms with Crippen LogP contribution in [0.15, 0.2) is 28.0 Å². The van der Waals surface area contributed by atoms with Gasteiger partial charge in [-0.3, -0.25) is 5.21 Å². The third kappa shape index (κ3) is 4.61. The first-order valence-electron chi connectivity index (χ1n) is 8.06. The van der Waals surface area contributed by atoms with E-state index in [0.29, 0.717) is 0 Å². The van der Waals surface area contributed by atoms with Gasteiger partial charge in [-0.25, -0.2) is 16.8 Å². The second-order valence-corrected chi connectivity index (χ2v) is 12.5. The summed E-state index contributed by atoms with van der Waals surface area (Å²) in [6, 6.07) is 3.98. The summed E-state index contributed by atoms with van der Waals surface area (Å²) in [5, 5.41) is 8.76. The van der Waals surface area contributed by atoms with E-state index in [4.69, 9.17) is 0 Å². The largest absolute Gasteiger partial charge is 0.290 e. The number of rotatable bonds is 5. The second-order valence-electron chi connectivity index (χ2n) is 7.53. The molecule has 1 N–H and O–H groups in total. The van der Waals surface area contributed by atoms with Crippen LogP contribution in [0.1, 0.15) is 54.0 Å². The zero-order chi connectivity index (χ0) is 19.8. The highest BCUT2D eigenvalue weighted by molar-refractivity contribution is 7.92. The van der Waals surface area contributed by atoms with E-state index in [2.05, 4.69) is 0 Å². The van der Waals surface area contributed by atoms with Crippen LogP contribution in [0.2, 0.25) is 0 Å². The van der Waals surface area contributed by atoms with Gasteiger partial charge in [0.25, 0.3) is 0 Å². The third-order valence-corrected chi connectivity index (χ3v) is 8.17. The van der Waals surface area contributed by atoms with Crippen molar-refractivity contribution in [3.8, 4) is 0 Å². The predicted molar refractivity (Wildman–Crippen MR) is 98.1 cm³/mol. The van der Waals surface area contributed by atoms with Crippen molar-refractivity contribution in [2.75, 3.05) is 0 Å². The van der Waals surface area contributed by atoms with Crippen LogP contribution in [-0.2, 0) is 19.7 Å². The highest BCUT2D eigenvalue weighted by Crippen LogP contribution is 2.25. The molecule has 1 aromatic carbocycles. The van der Waals surface area contributed by atoms with Crippen molar-refractivity contribution in [1.29, 1.82) is 0 Å². The van der Waals surface area contributed by atoms with Gasteiger partial charge in [-0.2, -0.15) is 0 Å². The Morgan fingerprint density at radius 1 is 0.960 bits per heavy atom. The lowest BCUT2D eigenvalue weighted by atomic mass is 10.1. The van der Waals surface area contributed by atoms with Crippen molar-refractivity contribution in [2.45, 2.75) is 74.3 Å². The summed E-state index contributed by atoms with van der Waals surface area (Å²) < 4.78 is 51.2. The second kappa shape index (κ2) is 7.07. The highest BCUT2D eigenvalue weighted by Gasteiger charge is 2.30. The average Bonchev–Trinajstić information content (AvgIpc) is 2.45. The number of hydroxylamine groups is 1. The lowest BCUT2D eigenvalue weighted by Gasteiger charge is -2.14. The molecule has 0 unspecified atom stereocenters. The van der Waals surface area contributed by atoms with E-state index in [-0.39, 0.29) is 15.4 Å². The highest BCUT2D eigenvalue weighted by atomic mass is 32.2. The molecule has 0 bridgehead atoms. The zero-order valence-electron chi connectivity index (χ0n) is 15.8. The molecule has 8 heteroatoms. The molecule has 0 fully saturated rings. The smallest absolute Gasteiger partial charge is 0.224 e.